The van der Waals surface area contributed by atoms with Gasteiger partial charge in [0.25, 0.3) is 0 Å². The SMILES string of the molecule is CSc1cc(NO)c(-c2ccccc2)nn1. The van der Waals surface area contributed by atoms with Crippen LogP contribution in [-0.4, -0.2) is 21.7 Å². The molecule has 2 rings (SSSR count). The quantitative estimate of drug-likeness (QED) is 0.630. The van der Waals surface area contributed by atoms with Crippen molar-refractivity contribution in [1.29, 1.82) is 0 Å². The Morgan fingerprint density at radius 2 is 1.94 bits per heavy atom. The number of anilines is 1. The smallest absolute Gasteiger partial charge is 0.121 e. The Morgan fingerprint density at radius 3 is 2.56 bits per heavy atom. The minimum absolute atomic E-state index is 0.561. The zero-order valence-corrected chi connectivity index (χ0v) is 9.53. The largest absolute Gasteiger partial charge is 0.291 e. The predicted octanol–water partition coefficient (Wildman–Crippen LogP) is 2.67. The Hall–Kier alpha value is -1.59. The van der Waals surface area contributed by atoms with E-state index in [1.807, 2.05) is 36.6 Å². The fourth-order valence-electron chi connectivity index (χ4n) is 1.37. The summed E-state index contributed by atoms with van der Waals surface area (Å²) in [6.45, 7) is 0. The molecule has 0 saturated carbocycles. The minimum atomic E-state index is 0.561. The Bertz CT molecular complexity index is 476. The molecule has 0 aliphatic heterocycles. The summed E-state index contributed by atoms with van der Waals surface area (Å²) in [5.41, 5.74) is 4.27. The van der Waals surface area contributed by atoms with Gasteiger partial charge in [-0.05, 0) is 12.3 Å². The second-order valence-electron chi connectivity index (χ2n) is 3.13. The van der Waals surface area contributed by atoms with Gasteiger partial charge in [-0.1, -0.05) is 30.3 Å². The second-order valence-corrected chi connectivity index (χ2v) is 3.95. The molecule has 16 heavy (non-hydrogen) atoms. The lowest BCUT2D eigenvalue weighted by Gasteiger charge is -2.07. The van der Waals surface area contributed by atoms with Gasteiger partial charge in [-0.3, -0.25) is 10.7 Å². The van der Waals surface area contributed by atoms with E-state index < -0.39 is 0 Å². The molecule has 1 aromatic heterocycles. The standard InChI is InChI=1S/C11H11N3OS/c1-16-10-7-9(14-15)11(13-12-10)8-5-3-2-4-6-8/h2-7,15H,1H3,(H,12,14). The van der Waals surface area contributed by atoms with Gasteiger partial charge < -0.3 is 0 Å². The third kappa shape index (κ3) is 2.15. The van der Waals surface area contributed by atoms with E-state index in [0.717, 1.165) is 10.6 Å². The molecule has 0 amide bonds. The molecular formula is C11H11N3OS. The van der Waals surface area contributed by atoms with Crippen molar-refractivity contribution in [3.8, 4) is 11.3 Å². The van der Waals surface area contributed by atoms with Gasteiger partial charge in [-0.25, -0.2) is 0 Å². The summed E-state index contributed by atoms with van der Waals surface area (Å²) in [5, 5.41) is 18.0. The van der Waals surface area contributed by atoms with E-state index in [1.54, 1.807) is 6.07 Å². The lowest BCUT2D eigenvalue weighted by atomic mass is 10.1. The van der Waals surface area contributed by atoms with Crippen molar-refractivity contribution in [3.05, 3.63) is 36.4 Å². The van der Waals surface area contributed by atoms with Crippen molar-refractivity contribution < 1.29 is 5.21 Å². The Balaban J connectivity index is 2.49. The van der Waals surface area contributed by atoms with Gasteiger partial charge in [-0.15, -0.1) is 22.0 Å². The first-order chi connectivity index (χ1) is 7.85. The van der Waals surface area contributed by atoms with Crippen LogP contribution in [0.3, 0.4) is 0 Å². The number of aromatic nitrogens is 2. The lowest BCUT2D eigenvalue weighted by Crippen LogP contribution is -1.98. The maximum atomic E-state index is 9.07. The van der Waals surface area contributed by atoms with Crippen LogP contribution in [0.4, 0.5) is 5.69 Å². The lowest BCUT2D eigenvalue weighted by molar-refractivity contribution is 0.388. The van der Waals surface area contributed by atoms with Crippen LogP contribution in [0.1, 0.15) is 0 Å². The van der Waals surface area contributed by atoms with Gasteiger partial charge in [0.2, 0.25) is 0 Å². The van der Waals surface area contributed by atoms with E-state index in [4.69, 9.17) is 5.21 Å². The molecule has 2 N–H and O–H groups in total. The van der Waals surface area contributed by atoms with Gasteiger partial charge >= 0.3 is 0 Å². The third-order valence-electron chi connectivity index (χ3n) is 2.15. The zero-order chi connectivity index (χ0) is 11.4. The average Bonchev–Trinajstić information content (AvgIpc) is 2.39. The summed E-state index contributed by atoms with van der Waals surface area (Å²) < 4.78 is 0. The number of nitrogens with zero attached hydrogens (tertiary/aromatic N) is 2. The molecule has 1 heterocycles. The number of thioether (sulfide) groups is 1. The van der Waals surface area contributed by atoms with Crippen LogP contribution in [0.5, 0.6) is 0 Å². The van der Waals surface area contributed by atoms with E-state index in [2.05, 4.69) is 15.7 Å². The maximum Gasteiger partial charge on any atom is 0.121 e. The fraction of sp³-hybridized carbons (Fsp3) is 0.0909. The number of hydrogen-bond donors (Lipinski definition) is 2. The van der Waals surface area contributed by atoms with E-state index in [0.29, 0.717) is 11.4 Å². The van der Waals surface area contributed by atoms with Gasteiger partial charge in [-0.2, -0.15) is 0 Å². The molecule has 1 aromatic carbocycles. The fourth-order valence-corrected chi connectivity index (χ4v) is 1.73. The Labute approximate surface area is 97.7 Å². The van der Waals surface area contributed by atoms with Crippen LogP contribution < -0.4 is 5.48 Å². The van der Waals surface area contributed by atoms with Crippen molar-refractivity contribution in [2.45, 2.75) is 5.03 Å². The molecule has 0 radical (unpaired) electrons. The number of benzene rings is 1. The van der Waals surface area contributed by atoms with Crippen LogP contribution in [0.25, 0.3) is 11.3 Å². The summed E-state index contributed by atoms with van der Waals surface area (Å²) in [5.74, 6) is 0. The van der Waals surface area contributed by atoms with Crippen molar-refractivity contribution in [2.75, 3.05) is 11.7 Å². The molecule has 0 aliphatic carbocycles. The minimum Gasteiger partial charge on any atom is -0.291 e. The summed E-state index contributed by atoms with van der Waals surface area (Å²) in [6, 6.07) is 11.4. The van der Waals surface area contributed by atoms with Crippen LogP contribution in [0.2, 0.25) is 0 Å². The van der Waals surface area contributed by atoms with Crippen molar-refractivity contribution in [2.24, 2.45) is 0 Å². The van der Waals surface area contributed by atoms with Gasteiger partial charge in [0, 0.05) is 5.56 Å². The molecule has 82 valence electrons. The molecule has 4 nitrogen and oxygen atoms in total. The highest BCUT2D eigenvalue weighted by atomic mass is 32.2. The highest BCUT2D eigenvalue weighted by Crippen LogP contribution is 2.26. The first-order valence-electron chi connectivity index (χ1n) is 4.72. The monoisotopic (exact) mass is 233 g/mol. The summed E-state index contributed by atoms with van der Waals surface area (Å²) in [6.07, 6.45) is 1.91. The summed E-state index contributed by atoms with van der Waals surface area (Å²) >= 11 is 1.48. The van der Waals surface area contributed by atoms with Crippen LogP contribution in [0.15, 0.2) is 41.4 Å². The zero-order valence-electron chi connectivity index (χ0n) is 8.71. The molecule has 0 fully saturated rings. The topological polar surface area (TPSA) is 58.0 Å². The molecule has 0 aliphatic rings. The third-order valence-corrected chi connectivity index (χ3v) is 2.77. The van der Waals surface area contributed by atoms with Crippen molar-refractivity contribution in [3.63, 3.8) is 0 Å². The highest BCUT2D eigenvalue weighted by molar-refractivity contribution is 7.98. The summed E-state index contributed by atoms with van der Waals surface area (Å²) in [4.78, 5) is 0. The van der Waals surface area contributed by atoms with E-state index in [9.17, 15) is 0 Å². The normalized spacial score (nSPS) is 10.1. The molecule has 0 atom stereocenters. The van der Waals surface area contributed by atoms with Crippen molar-refractivity contribution >= 4 is 17.4 Å². The van der Waals surface area contributed by atoms with Crippen LogP contribution >= 0.6 is 11.8 Å². The molecular weight excluding hydrogens is 222 g/mol. The predicted molar refractivity (Wildman–Crippen MR) is 64.7 cm³/mol. The number of nitrogens with one attached hydrogen (secondary N) is 1. The van der Waals surface area contributed by atoms with E-state index >= 15 is 0 Å². The number of hydrogen-bond acceptors (Lipinski definition) is 5. The van der Waals surface area contributed by atoms with Gasteiger partial charge in [0.1, 0.15) is 10.7 Å². The van der Waals surface area contributed by atoms with E-state index in [-0.39, 0.29) is 0 Å². The van der Waals surface area contributed by atoms with Crippen molar-refractivity contribution in [1.82, 2.24) is 10.2 Å². The average molecular weight is 233 g/mol. The highest BCUT2D eigenvalue weighted by Gasteiger charge is 2.08. The summed E-state index contributed by atoms with van der Waals surface area (Å²) in [7, 11) is 0. The number of rotatable bonds is 3. The maximum absolute atomic E-state index is 9.07. The first-order valence-corrected chi connectivity index (χ1v) is 5.95. The molecule has 0 unspecified atom stereocenters. The molecule has 0 spiro atoms. The molecule has 0 saturated heterocycles. The Kier molecular flexibility index (Phi) is 3.38. The first kappa shape index (κ1) is 10.9. The van der Waals surface area contributed by atoms with Gasteiger partial charge in [0.15, 0.2) is 0 Å². The molecule has 5 heteroatoms. The van der Waals surface area contributed by atoms with Gasteiger partial charge in [0.05, 0.1) is 5.69 Å². The molecule has 0 bridgehead atoms. The van der Waals surface area contributed by atoms with Crippen LogP contribution in [-0.2, 0) is 0 Å². The second kappa shape index (κ2) is 4.96. The molecule has 2 aromatic rings. The Morgan fingerprint density at radius 1 is 1.19 bits per heavy atom. The van der Waals surface area contributed by atoms with Crippen LogP contribution in [0, 0.1) is 0 Å². The van der Waals surface area contributed by atoms with E-state index in [1.165, 1.54) is 11.8 Å².